The third kappa shape index (κ3) is 8.58. The van der Waals surface area contributed by atoms with Crippen molar-refractivity contribution < 1.29 is 14.2 Å². The average Bonchev–Trinajstić information content (AvgIpc) is 2.33. The summed E-state index contributed by atoms with van der Waals surface area (Å²) in [7, 11) is 0. The van der Waals surface area contributed by atoms with E-state index in [1.807, 2.05) is 27.7 Å². The highest BCUT2D eigenvalue weighted by Crippen LogP contribution is 2.22. The predicted molar refractivity (Wildman–Crippen MR) is 71.2 cm³/mol. The van der Waals surface area contributed by atoms with E-state index in [9.17, 15) is 0 Å². The smallest absolute Gasteiger partial charge is 0.162 e. The summed E-state index contributed by atoms with van der Waals surface area (Å²) in [5.74, 6) is 0.165. The van der Waals surface area contributed by atoms with E-state index < -0.39 is 0 Å². The van der Waals surface area contributed by atoms with Crippen LogP contribution in [0, 0.1) is 5.92 Å². The van der Waals surface area contributed by atoms with Crippen LogP contribution in [0.5, 0.6) is 0 Å². The molecule has 104 valence electrons. The Hall–Kier alpha value is -0.120. The Balaban J connectivity index is 0.00000121. The predicted octanol–water partition coefficient (Wildman–Crippen LogP) is 3.62. The third-order valence-electron chi connectivity index (χ3n) is 2.58. The lowest BCUT2D eigenvalue weighted by atomic mass is 10.0. The van der Waals surface area contributed by atoms with Crippen LogP contribution in [-0.2, 0) is 14.2 Å². The molecule has 3 heteroatoms. The molecule has 1 aliphatic rings. The molecule has 0 atom stereocenters. The second kappa shape index (κ2) is 9.86. The first-order chi connectivity index (χ1) is 8.14. The van der Waals surface area contributed by atoms with Crippen molar-refractivity contribution in [1.82, 2.24) is 0 Å². The largest absolute Gasteiger partial charge is 0.381 e. The molecule has 0 saturated carbocycles. The lowest BCUT2D eigenvalue weighted by Crippen LogP contribution is -2.39. The number of ether oxygens (including phenoxy) is 3. The van der Waals surface area contributed by atoms with Crippen LogP contribution >= 0.6 is 0 Å². The van der Waals surface area contributed by atoms with E-state index in [1.165, 1.54) is 0 Å². The van der Waals surface area contributed by atoms with Crippen molar-refractivity contribution in [3.8, 4) is 0 Å². The van der Waals surface area contributed by atoms with Gasteiger partial charge in [-0.05, 0) is 33.1 Å². The summed E-state index contributed by atoms with van der Waals surface area (Å²) >= 11 is 0. The van der Waals surface area contributed by atoms with E-state index in [-0.39, 0.29) is 5.79 Å². The summed E-state index contributed by atoms with van der Waals surface area (Å²) in [6, 6.07) is 0. The molecule has 0 bridgehead atoms. The third-order valence-corrected chi connectivity index (χ3v) is 2.58. The van der Waals surface area contributed by atoms with E-state index in [0.29, 0.717) is 5.92 Å². The van der Waals surface area contributed by atoms with Crippen LogP contribution in [0.4, 0.5) is 0 Å². The van der Waals surface area contributed by atoms with Gasteiger partial charge in [-0.3, -0.25) is 0 Å². The van der Waals surface area contributed by atoms with Gasteiger partial charge in [0.2, 0.25) is 0 Å². The van der Waals surface area contributed by atoms with Gasteiger partial charge in [-0.1, -0.05) is 20.8 Å². The molecule has 1 aliphatic heterocycles. The fourth-order valence-electron chi connectivity index (χ4n) is 1.61. The van der Waals surface area contributed by atoms with E-state index in [0.717, 1.165) is 45.7 Å². The average molecular weight is 246 g/mol. The van der Waals surface area contributed by atoms with E-state index in [4.69, 9.17) is 14.2 Å². The van der Waals surface area contributed by atoms with Gasteiger partial charge in [0.15, 0.2) is 5.79 Å². The highest BCUT2D eigenvalue weighted by molar-refractivity contribution is 4.67. The Labute approximate surface area is 107 Å². The van der Waals surface area contributed by atoms with Crippen LogP contribution in [0.1, 0.15) is 53.9 Å². The van der Waals surface area contributed by atoms with E-state index >= 15 is 0 Å². The first kappa shape index (κ1) is 16.9. The van der Waals surface area contributed by atoms with Gasteiger partial charge in [-0.15, -0.1) is 0 Å². The maximum atomic E-state index is 5.59. The van der Waals surface area contributed by atoms with Crippen molar-refractivity contribution >= 4 is 0 Å². The molecule has 1 heterocycles. The maximum Gasteiger partial charge on any atom is 0.162 e. The number of hydrogen-bond donors (Lipinski definition) is 0. The molecule has 0 aliphatic carbocycles. The molecule has 0 spiro atoms. The van der Waals surface area contributed by atoms with Crippen LogP contribution in [0.15, 0.2) is 0 Å². The fraction of sp³-hybridized carbons (Fsp3) is 1.00. The van der Waals surface area contributed by atoms with Gasteiger partial charge in [0.1, 0.15) is 0 Å². The molecule has 3 nitrogen and oxygen atoms in total. The fourth-order valence-corrected chi connectivity index (χ4v) is 1.61. The molecule has 0 N–H and O–H groups in total. The molecule has 17 heavy (non-hydrogen) atoms. The van der Waals surface area contributed by atoms with Gasteiger partial charge in [0, 0.05) is 19.1 Å². The molecular weight excluding hydrogens is 216 g/mol. The molecule has 1 rings (SSSR count). The Morgan fingerprint density at radius 2 is 1.71 bits per heavy atom. The monoisotopic (exact) mass is 246 g/mol. The summed E-state index contributed by atoms with van der Waals surface area (Å²) in [5.41, 5.74) is 0. The SMILES string of the molecule is CC.CCCOCCCC1COC(C)(C)OC1. The first-order valence-electron chi connectivity index (χ1n) is 6.99. The standard InChI is InChI=1S/C12H24O3.C2H6/c1-4-7-13-8-5-6-11-9-14-12(2,3)15-10-11;1-2/h11H,4-10H2,1-3H3;1-2H3. The molecule has 0 amide bonds. The Morgan fingerprint density at radius 1 is 1.12 bits per heavy atom. The summed E-state index contributed by atoms with van der Waals surface area (Å²) in [6.45, 7) is 13.5. The van der Waals surface area contributed by atoms with Crippen LogP contribution in [0.2, 0.25) is 0 Å². The molecule has 1 fully saturated rings. The minimum atomic E-state index is -0.380. The van der Waals surface area contributed by atoms with Crippen molar-refractivity contribution in [1.29, 1.82) is 0 Å². The molecule has 0 radical (unpaired) electrons. The maximum absolute atomic E-state index is 5.59. The summed E-state index contributed by atoms with van der Waals surface area (Å²) < 4.78 is 16.6. The van der Waals surface area contributed by atoms with Crippen molar-refractivity contribution in [2.75, 3.05) is 26.4 Å². The number of rotatable bonds is 6. The molecule has 0 unspecified atom stereocenters. The zero-order chi connectivity index (χ0) is 13.1. The Kier molecular flexibility index (Phi) is 9.79. The molecule has 0 aromatic heterocycles. The van der Waals surface area contributed by atoms with Crippen LogP contribution < -0.4 is 0 Å². The lowest BCUT2D eigenvalue weighted by molar-refractivity contribution is -0.262. The second-order valence-corrected chi connectivity index (χ2v) is 4.64. The van der Waals surface area contributed by atoms with Crippen LogP contribution in [0.25, 0.3) is 0 Å². The molecular formula is C14H30O3. The van der Waals surface area contributed by atoms with Gasteiger partial charge in [0.25, 0.3) is 0 Å². The van der Waals surface area contributed by atoms with Gasteiger partial charge in [-0.25, -0.2) is 0 Å². The van der Waals surface area contributed by atoms with Crippen molar-refractivity contribution in [2.24, 2.45) is 5.92 Å². The molecule has 0 aromatic rings. The summed E-state index contributed by atoms with van der Waals surface area (Å²) in [5, 5.41) is 0. The second-order valence-electron chi connectivity index (χ2n) is 4.64. The minimum absolute atomic E-state index is 0.380. The first-order valence-corrected chi connectivity index (χ1v) is 6.99. The Morgan fingerprint density at radius 3 is 2.24 bits per heavy atom. The highest BCUT2D eigenvalue weighted by Gasteiger charge is 2.27. The van der Waals surface area contributed by atoms with Gasteiger partial charge < -0.3 is 14.2 Å². The number of hydrogen-bond acceptors (Lipinski definition) is 3. The van der Waals surface area contributed by atoms with Crippen LogP contribution in [-0.4, -0.2) is 32.2 Å². The Bertz CT molecular complexity index is 159. The zero-order valence-electron chi connectivity index (χ0n) is 12.3. The minimum Gasteiger partial charge on any atom is -0.381 e. The summed E-state index contributed by atoms with van der Waals surface area (Å²) in [6.07, 6.45) is 3.35. The molecule has 1 saturated heterocycles. The van der Waals surface area contributed by atoms with Gasteiger partial charge >= 0.3 is 0 Å². The zero-order valence-corrected chi connectivity index (χ0v) is 12.3. The van der Waals surface area contributed by atoms with E-state index in [2.05, 4.69) is 6.92 Å². The topological polar surface area (TPSA) is 27.7 Å². The van der Waals surface area contributed by atoms with Crippen molar-refractivity contribution in [2.45, 2.75) is 59.7 Å². The van der Waals surface area contributed by atoms with E-state index in [1.54, 1.807) is 0 Å². The summed E-state index contributed by atoms with van der Waals surface area (Å²) in [4.78, 5) is 0. The normalized spacial score (nSPS) is 19.6. The van der Waals surface area contributed by atoms with Crippen molar-refractivity contribution in [3.63, 3.8) is 0 Å². The van der Waals surface area contributed by atoms with Crippen molar-refractivity contribution in [3.05, 3.63) is 0 Å². The van der Waals surface area contributed by atoms with Gasteiger partial charge in [-0.2, -0.15) is 0 Å². The van der Waals surface area contributed by atoms with Gasteiger partial charge in [0.05, 0.1) is 13.2 Å². The lowest BCUT2D eigenvalue weighted by Gasteiger charge is -2.34. The quantitative estimate of drug-likeness (QED) is 0.670. The highest BCUT2D eigenvalue weighted by atomic mass is 16.7. The van der Waals surface area contributed by atoms with Crippen LogP contribution in [0.3, 0.4) is 0 Å². The molecule has 0 aromatic carbocycles.